The Morgan fingerprint density at radius 2 is 1.64 bits per heavy atom. The van der Waals surface area contributed by atoms with Crippen LogP contribution in [0.25, 0.3) is 0 Å². The number of nitrogens with one attached hydrogen (secondary N) is 1. The van der Waals surface area contributed by atoms with Crippen molar-refractivity contribution in [3.8, 4) is 0 Å². The van der Waals surface area contributed by atoms with Crippen LogP contribution in [0.2, 0.25) is 0 Å². The second kappa shape index (κ2) is 5.16. The third-order valence-electron chi connectivity index (χ3n) is 4.27. The molecule has 0 spiro atoms. The van der Waals surface area contributed by atoms with E-state index in [4.69, 9.17) is 0 Å². The molecule has 0 amide bonds. The van der Waals surface area contributed by atoms with Crippen LogP contribution in [0.5, 0.6) is 0 Å². The molecule has 0 bridgehead atoms. The van der Waals surface area contributed by atoms with E-state index in [2.05, 4.69) is 12.2 Å². The Balaban J connectivity index is 1.83. The monoisotopic (exact) mass is 195 g/mol. The highest BCUT2D eigenvalue weighted by Crippen LogP contribution is 2.40. The number of hydrogen-bond donors (Lipinski definition) is 1. The van der Waals surface area contributed by atoms with Crippen molar-refractivity contribution in [1.82, 2.24) is 5.32 Å². The van der Waals surface area contributed by atoms with E-state index in [0.717, 1.165) is 24.4 Å². The average molecular weight is 195 g/mol. The molecule has 2 aliphatic rings. The summed E-state index contributed by atoms with van der Waals surface area (Å²) in [7, 11) is 0. The average Bonchev–Trinajstić information content (AvgIpc) is 2.28. The summed E-state index contributed by atoms with van der Waals surface area (Å²) >= 11 is 0. The van der Waals surface area contributed by atoms with Gasteiger partial charge in [-0.15, -0.1) is 0 Å². The highest BCUT2D eigenvalue weighted by Gasteiger charge is 2.30. The molecule has 0 saturated heterocycles. The van der Waals surface area contributed by atoms with E-state index in [-0.39, 0.29) is 0 Å². The summed E-state index contributed by atoms with van der Waals surface area (Å²) in [4.78, 5) is 0. The minimum absolute atomic E-state index is 0.841. The molecule has 0 aromatic heterocycles. The smallest absolute Gasteiger partial charge is 0.00696 e. The topological polar surface area (TPSA) is 12.0 Å². The van der Waals surface area contributed by atoms with Gasteiger partial charge in [0.05, 0.1) is 0 Å². The third kappa shape index (κ3) is 2.50. The van der Waals surface area contributed by atoms with Crippen molar-refractivity contribution in [2.75, 3.05) is 6.54 Å². The summed E-state index contributed by atoms with van der Waals surface area (Å²) in [5, 5.41) is 3.66. The molecule has 2 unspecified atom stereocenters. The largest absolute Gasteiger partial charge is 0.314 e. The Hall–Kier alpha value is -0.0400. The predicted octanol–water partition coefficient (Wildman–Crippen LogP) is 3.34. The Bertz CT molecular complexity index is 163. The zero-order valence-electron chi connectivity index (χ0n) is 9.60. The lowest BCUT2D eigenvalue weighted by molar-refractivity contribution is 0.178. The molecular weight excluding hydrogens is 170 g/mol. The van der Waals surface area contributed by atoms with Crippen molar-refractivity contribution in [3.05, 3.63) is 0 Å². The molecule has 0 aliphatic heterocycles. The van der Waals surface area contributed by atoms with Crippen molar-refractivity contribution >= 4 is 0 Å². The van der Waals surface area contributed by atoms with Crippen molar-refractivity contribution in [1.29, 1.82) is 0 Å². The summed E-state index contributed by atoms with van der Waals surface area (Å²) in [6.07, 6.45) is 11.9. The minimum atomic E-state index is 0.841. The van der Waals surface area contributed by atoms with Gasteiger partial charge in [0, 0.05) is 6.04 Å². The second-order valence-electron chi connectivity index (χ2n) is 5.23. The number of hydrogen-bond acceptors (Lipinski definition) is 1. The van der Waals surface area contributed by atoms with Crippen LogP contribution in [0.1, 0.15) is 58.3 Å². The maximum absolute atomic E-state index is 3.66. The SMILES string of the molecule is CCNC1CCCCC(C2CCC2)C1. The van der Waals surface area contributed by atoms with Crippen LogP contribution in [0.3, 0.4) is 0 Å². The zero-order valence-corrected chi connectivity index (χ0v) is 9.60. The maximum Gasteiger partial charge on any atom is 0.00696 e. The van der Waals surface area contributed by atoms with Gasteiger partial charge in [-0.05, 0) is 31.2 Å². The van der Waals surface area contributed by atoms with Crippen LogP contribution < -0.4 is 5.32 Å². The molecule has 0 heterocycles. The first-order valence-corrected chi connectivity index (χ1v) is 6.63. The first-order valence-electron chi connectivity index (χ1n) is 6.63. The van der Waals surface area contributed by atoms with E-state index >= 15 is 0 Å². The van der Waals surface area contributed by atoms with Crippen LogP contribution in [-0.2, 0) is 0 Å². The van der Waals surface area contributed by atoms with Crippen LogP contribution in [0.15, 0.2) is 0 Å². The molecular formula is C13H25N. The summed E-state index contributed by atoms with van der Waals surface area (Å²) in [5.74, 6) is 2.17. The van der Waals surface area contributed by atoms with E-state index in [9.17, 15) is 0 Å². The molecule has 14 heavy (non-hydrogen) atoms. The molecule has 2 fully saturated rings. The zero-order chi connectivity index (χ0) is 9.80. The van der Waals surface area contributed by atoms with Gasteiger partial charge in [0.1, 0.15) is 0 Å². The summed E-state index contributed by atoms with van der Waals surface area (Å²) in [6, 6.07) is 0.841. The van der Waals surface area contributed by atoms with Gasteiger partial charge in [0.25, 0.3) is 0 Å². The predicted molar refractivity (Wildman–Crippen MR) is 61.4 cm³/mol. The van der Waals surface area contributed by atoms with Crippen LogP contribution >= 0.6 is 0 Å². The van der Waals surface area contributed by atoms with Crippen LogP contribution in [0, 0.1) is 11.8 Å². The van der Waals surface area contributed by atoms with Gasteiger partial charge in [-0.25, -0.2) is 0 Å². The Labute approximate surface area is 88.7 Å². The van der Waals surface area contributed by atoms with E-state index in [1.807, 2.05) is 0 Å². The molecule has 2 aliphatic carbocycles. The lowest BCUT2D eigenvalue weighted by atomic mass is 9.72. The Morgan fingerprint density at radius 3 is 2.29 bits per heavy atom. The van der Waals surface area contributed by atoms with Gasteiger partial charge in [-0.2, -0.15) is 0 Å². The molecule has 0 aromatic rings. The van der Waals surface area contributed by atoms with E-state index in [1.165, 1.54) is 51.4 Å². The van der Waals surface area contributed by atoms with Crippen molar-refractivity contribution < 1.29 is 0 Å². The van der Waals surface area contributed by atoms with Crippen molar-refractivity contribution in [2.45, 2.75) is 64.3 Å². The van der Waals surface area contributed by atoms with E-state index in [0.29, 0.717) is 0 Å². The first kappa shape index (κ1) is 10.5. The van der Waals surface area contributed by atoms with Gasteiger partial charge < -0.3 is 5.32 Å². The second-order valence-corrected chi connectivity index (χ2v) is 5.23. The molecule has 1 nitrogen and oxygen atoms in total. The van der Waals surface area contributed by atoms with Gasteiger partial charge in [-0.3, -0.25) is 0 Å². The molecule has 2 saturated carbocycles. The quantitative estimate of drug-likeness (QED) is 0.681. The third-order valence-corrected chi connectivity index (χ3v) is 4.27. The maximum atomic E-state index is 3.66. The van der Waals surface area contributed by atoms with Crippen molar-refractivity contribution in [2.24, 2.45) is 11.8 Å². The summed E-state index contributed by atoms with van der Waals surface area (Å²) in [6.45, 7) is 3.39. The van der Waals surface area contributed by atoms with Gasteiger partial charge >= 0.3 is 0 Å². The first-order chi connectivity index (χ1) is 6.90. The normalized spacial score (nSPS) is 34.9. The molecule has 0 radical (unpaired) electrons. The lowest BCUT2D eigenvalue weighted by Crippen LogP contribution is -2.33. The van der Waals surface area contributed by atoms with Crippen LogP contribution in [0.4, 0.5) is 0 Å². The van der Waals surface area contributed by atoms with E-state index in [1.54, 1.807) is 0 Å². The van der Waals surface area contributed by atoms with Gasteiger partial charge in [0.15, 0.2) is 0 Å². The van der Waals surface area contributed by atoms with Crippen molar-refractivity contribution in [3.63, 3.8) is 0 Å². The summed E-state index contributed by atoms with van der Waals surface area (Å²) < 4.78 is 0. The molecule has 1 heteroatoms. The Morgan fingerprint density at radius 1 is 0.929 bits per heavy atom. The highest BCUT2D eigenvalue weighted by molar-refractivity contribution is 4.83. The summed E-state index contributed by atoms with van der Waals surface area (Å²) in [5.41, 5.74) is 0. The highest BCUT2D eigenvalue weighted by atomic mass is 14.9. The molecule has 82 valence electrons. The van der Waals surface area contributed by atoms with Gasteiger partial charge in [-0.1, -0.05) is 45.4 Å². The molecule has 2 rings (SSSR count). The Kier molecular flexibility index (Phi) is 3.86. The fourth-order valence-corrected chi connectivity index (χ4v) is 3.21. The standard InChI is InChI=1S/C13H25N/c1-2-14-13-9-4-3-6-12(10-13)11-7-5-8-11/h11-14H,2-10H2,1H3. The lowest BCUT2D eigenvalue weighted by Gasteiger charge is -2.34. The molecule has 1 N–H and O–H groups in total. The fourth-order valence-electron chi connectivity index (χ4n) is 3.21. The number of rotatable bonds is 3. The van der Waals surface area contributed by atoms with E-state index < -0.39 is 0 Å². The minimum Gasteiger partial charge on any atom is -0.314 e. The fraction of sp³-hybridized carbons (Fsp3) is 1.00. The van der Waals surface area contributed by atoms with Gasteiger partial charge in [0.2, 0.25) is 0 Å². The van der Waals surface area contributed by atoms with Crippen LogP contribution in [-0.4, -0.2) is 12.6 Å². The molecule has 0 aromatic carbocycles. The molecule has 2 atom stereocenters.